The lowest BCUT2D eigenvalue weighted by molar-refractivity contribution is 0.0178. The van der Waals surface area contributed by atoms with Gasteiger partial charge in [-0.05, 0) is 26.3 Å². The zero-order valence-electron chi connectivity index (χ0n) is 7.95. The lowest BCUT2D eigenvalue weighted by atomic mass is 10.1. The minimum absolute atomic E-state index is 0.200. The molecule has 0 heterocycles. The maximum atomic E-state index is 5.64. The fraction of sp³-hybridized carbons (Fsp3) is 0.455. The summed E-state index contributed by atoms with van der Waals surface area (Å²) in [7, 11) is 0. The van der Waals surface area contributed by atoms with E-state index in [9.17, 15) is 0 Å². The monoisotopic (exact) mass is 164 g/mol. The SMILES string of the molecule is CC(C)O[C@@H](C)c1ccccc1. The van der Waals surface area contributed by atoms with Crippen LogP contribution in [-0.4, -0.2) is 6.10 Å². The first-order valence-corrected chi connectivity index (χ1v) is 4.40. The highest BCUT2D eigenvalue weighted by Crippen LogP contribution is 2.17. The fourth-order valence-electron chi connectivity index (χ4n) is 1.21. The third-order valence-electron chi connectivity index (χ3n) is 1.75. The van der Waals surface area contributed by atoms with E-state index >= 15 is 0 Å². The van der Waals surface area contributed by atoms with Crippen LogP contribution in [0, 0.1) is 0 Å². The van der Waals surface area contributed by atoms with Crippen molar-refractivity contribution < 1.29 is 4.74 Å². The quantitative estimate of drug-likeness (QED) is 0.666. The standard InChI is InChI=1S/C11H16O/c1-9(2)12-10(3)11-7-5-4-6-8-11/h4-10H,1-3H3/t10-/m0/s1. The normalized spacial score (nSPS) is 13.3. The summed E-state index contributed by atoms with van der Waals surface area (Å²) in [5, 5.41) is 0. The predicted octanol–water partition coefficient (Wildman–Crippen LogP) is 3.17. The van der Waals surface area contributed by atoms with Crippen molar-refractivity contribution in [1.82, 2.24) is 0 Å². The van der Waals surface area contributed by atoms with E-state index in [0.29, 0.717) is 6.10 Å². The summed E-state index contributed by atoms with van der Waals surface area (Å²) in [6.07, 6.45) is 0.492. The molecule has 1 atom stereocenters. The summed E-state index contributed by atoms with van der Waals surface area (Å²) in [6, 6.07) is 10.3. The molecule has 1 aromatic rings. The highest BCUT2D eigenvalue weighted by Gasteiger charge is 2.05. The van der Waals surface area contributed by atoms with E-state index in [1.54, 1.807) is 0 Å². The number of hydrogen-bond donors (Lipinski definition) is 0. The molecule has 1 rings (SSSR count). The van der Waals surface area contributed by atoms with Gasteiger partial charge in [-0.25, -0.2) is 0 Å². The summed E-state index contributed by atoms with van der Waals surface area (Å²) >= 11 is 0. The van der Waals surface area contributed by atoms with Gasteiger partial charge >= 0.3 is 0 Å². The zero-order valence-corrected chi connectivity index (χ0v) is 7.95. The molecule has 0 aliphatic carbocycles. The van der Waals surface area contributed by atoms with Crippen molar-refractivity contribution in [2.45, 2.75) is 33.0 Å². The van der Waals surface area contributed by atoms with E-state index in [-0.39, 0.29) is 6.10 Å². The largest absolute Gasteiger partial charge is 0.371 e. The van der Waals surface area contributed by atoms with Crippen LogP contribution < -0.4 is 0 Å². The van der Waals surface area contributed by atoms with Gasteiger partial charge < -0.3 is 4.74 Å². The molecule has 0 spiro atoms. The molecule has 0 aliphatic rings. The van der Waals surface area contributed by atoms with Gasteiger partial charge in [0.05, 0.1) is 12.2 Å². The zero-order chi connectivity index (χ0) is 8.97. The first-order valence-electron chi connectivity index (χ1n) is 4.40. The van der Waals surface area contributed by atoms with Gasteiger partial charge in [0.1, 0.15) is 0 Å². The van der Waals surface area contributed by atoms with E-state index in [1.807, 2.05) is 18.2 Å². The summed E-state index contributed by atoms with van der Waals surface area (Å²) in [5.41, 5.74) is 1.24. The van der Waals surface area contributed by atoms with Crippen LogP contribution in [0.5, 0.6) is 0 Å². The van der Waals surface area contributed by atoms with Gasteiger partial charge in [-0.3, -0.25) is 0 Å². The Balaban J connectivity index is 2.59. The lowest BCUT2D eigenvalue weighted by Gasteiger charge is -2.15. The molecular formula is C11H16O. The fourth-order valence-corrected chi connectivity index (χ4v) is 1.21. The van der Waals surface area contributed by atoms with E-state index in [1.165, 1.54) is 5.56 Å². The van der Waals surface area contributed by atoms with Crippen LogP contribution in [0.3, 0.4) is 0 Å². The molecule has 0 aliphatic heterocycles. The molecule has 12 heavy (non-hydrogen) atoms. The maximum Gasteiger partial charge on any atom is 0.0800 e. The molecule has 0 radical (unpaired) electrons. The van der Waals surface area contributed by atoms with E-state index in [2.05, 4.69) is 32.9 Å². The molecule has 0 amide bonds. The topological polar surface area (TPSA) is 9.23 Å². The Morgan fingerprint density at radius 2 is 1.58 bits per heavy atom. The number of hydrogen-bond acceptors (Lipinski definition) is 1. The van der Waals surface area contributed by atoms with Crippen molar-refractivity contribution in [1.29, 1.82) is 0 Å². The number of rotatable bonds is 3. The highest BCUT2D eigenvalue weighted by molar-refractivity contribution is 5.16. The molecule has 0 aromatic heterocycles. The van der Waals surface area contributed by atoms with Crippen LogP contribution in [0.2, 0.25) is 0 Å². The molecule has 66 valence electrons. The molecule has 0 N–H and O–H groups in total. The van der Waals surface area contributed by atoms with Gasteiger partial charge in [0, 0.05) is 0 Å². The second kappa shape index (κ2) is 4.27. The average Bonchev–Trinajstić information content (AvgIpc) is 2.05. The lowest BCUT2D eigenvalue weighted by Crippen LogP contribution is -2.06. The molecular weight excluding hydrogens is 148 g/mol. The van der Waals surface area contributed by atoms with Gasteiger partial charge in [0.15, 0.2) is 0 Å². The molecule has 1 aromatic carbocycles. The smallest absolute Gasteiger partial charge is 0.0800 e. The van der Waals surface area contributed by atoms with Crippen molar-refractivity contribution in [3.05, 3.63) is 35.9 Å². The minimum atomic E-state index is 0.200. The summed E-state index contributed by atoms with van der Waals surface area (Å²) < 4.78 is 5.64. The summed E-state index contributed by atoms with van der Waals surface area (Å²) in [5.74, 6) is 0. The predicted molar refractivity (Wildman–Crippen MR) is 51.1 cm³/mol. The molecule has 0 unspecified atom stereocenters. The summed E-state index contributed by atoms with van der Waals surface area (Å²) in [4.78, 5) is 0. The third-order valence-corrected chi connectivity index (χ3v) is 1.75. The maximum absolute atomic E-state index is 5.64. The number of benzene rings is 1. The molecule has 0 bridgehead atoms. The molecule has 0 fully saturated rings. The van der Waals surface area contributed by atoms with Gasteiger partial charge in [-0.15, -0.1) is 0 Å². The van der Waals surface area contributed by atoms with Crippen LogP contribution >= 0.6 is 0 Å². The second-order valence-electron chi connectivity index (χ2n) is 3.24. The molecule has 0 saturated carbocycles. The first-order chi connectivity index (χ1) is 5.70. The number of ether oxygens (including phenoxy) is 1. The molecule has 1 heteroatoms. The van der Waals surface area contributed by atoms with E-state index < -0.39 is 0 Å². The minimum Gasteiger partial charge on any atom is -0.371 e. The highest BCUT2D eigenvalue weighted by atomic mass is 16.5. The van der Waals surface area contributed by atoms with Gasteiger partial charge in [0.25, 0.3) is 0 Å². The van der Waals surface area contributed by atoms with Crippen LogP contribution in [0.25, 0.3) is 0 Å². The van der Waals surface area contributed by atoms with Crippen LogP contribution in [0.15, 0.2) is 30.3 Å². The Labute approximate surface area is 74.4 Å². The molecule has 1 nitrogen and oxygen atoms in total. The summed E-state index contributed by atoms with van der Waals surface area (Å²) in [6.45, 7) is 6.19. The molecule has 0 saturated heterocycles. The first kappa shape index (κ1) is 9.27. The van der Waals surface area contributed by atoms with Crippen LogP contribution in [-0.2, 0) is 4.74 Å². The van der Waals surface area contributed by atoms with Crippen molar-refractivity contribution in [2.24, 2.45) is 0 Å². The Morgan fingerprint density at radius 1 is 1.00 bits per heavy atom. The Bertz CT molecular complexity index is 216. The second-order valence-corrected chi connectivity index (χ2v) is 3.24. The van der Waals surface area contributed by atoms with Gasteiger partial charge in [-0.1, -0.05) is 30.3 Å². The van der Waals surface area contributed by atoms with Crippen LogP contribution in [0.4, 0.5) is 0 Å². The van der Waals surface area contributed by atoms with Crippen molar-refractivity contribution >= 4 is 0 Å². The van der Waals surface area contributed by atoms with E-state index in [0.717, 1.165) is 0 Å². The van der Waals surface area contributed by atoms with Crippen LogP contribution in [0.1, 0.15) is 32.4 Å². The average molecular weight is 164 g/mol. The van der Waals surface area contributed by atoms with E-state index in [4.69, 9.17) is 4.74 Å². The van der Waals surface area contributed by atoms with Crippen molar-refractivity contribution in [3.63, 3.8) is 0 Å². The Hall–Kier alpha value is -0.820. The van der Waals surface area contributed by atoms with Gasteiger partial charge in [-0.2, -0.15) is 0 Å². The van der Waals surface area contributed by atoms with Gasteiger partial charge in [0.2, 0.25) is 0 Å². The third kappa shape index (κ3) is 2.67. The van der Waals surface area contributed by atoms with Crippen molar-refractivity contribution in [3.8, 4) is 0 Å². The van der Waals surface area contributed by atoms with Crippen molar-refractivity contribution in [2.75, 3.05) is 0 Å². The Morgan fingerprint density at radius 3 is 2.08 bits per heavy atom. The Kier molecular flexibility index (Phi) is 3.30.